The summed E-state index contributed by atoms with van der Waals surface area (Å²) in [7, 11) is 0. The highest BCUT2D eigenvalue weighted by molar-refractivity contribution is 5.77. The van der Waals surface area contributed by atoms with Gasteiger partial charge in [0.05, 0.1) is 12.7 Å². The summed E-state index contributed by atoms with van der Waals surface area (Å²) in [5, 5.41) is 12.7. The maximum atomic E-state index is 11.2. The summed E-state index contributed by atoms with van der Waals surface area (Å²) in [5.74, 6) is 0.0609. The lowest BCUT2D eigenvalue weighted by atomic mass is 10.1. The second kappa shape index (κ2) is 7.00. The maximum Gasteiger partial charge on any atom is 0.233 e. The molecule has 5 nitrogen and oxygen atoms in total. The highest BCUT2D eigenvalue weighted by Gasteiger charge is 2.01. The molecule has 1 aromatic rings. The smallest absolute Gasteiger partial charge is 0.233 e. The van der Waals surface area contributed by atoms with E-state index in [1.807, 2.05) is 20.0 Å². The van der Waals surface area contributed by atoms with E-state index >= 15 is 0 Å². The van der Waals surface area contributed by atoms with E-state index in [0.717, 1.165) is 31.6 Å². The van der Waals surface area contributed by atoms with Gasteiger partial charge in [0.25, 0.3) is 0 Å². The number of hydrogen-bond donors (Lipinski definition) is 3. The Bertz CT molecular complexity index is 322. The van der Waals surface area contributed by atoms with Crippen molar-refractivity contribution >= 4 is 5.91 Å². The minimum Gasteiger partial charge on any atom is -0.355 e. The van der Waals surface area contributed by atoms with Gasteiger partial charge in [0.15, 0.2) is 0 Å². The van der Waals surface area contributed by atoms with Gasteiger partial charge in [0.2, 0.25) is 5.91 Å². The molecule has 3 N–H and O–H groups in total. The quantitative estimate of drug-likeness (QED) is 0.586. The summed E-state index contributed by atoms with van der Waals surface area (Å²) < 4.78 is 0. The molecular formula is C11H20N4O. The largest absolute Gasteiger partial charge is 0.355 e. The zero-order valence-electron chi connectivity index (χ0n) is 9.97. The lowest BCUT2D eigenvalue weighted by Gasteiger charge is -2.05. The first-order chi connectivity index (χ1) is 7.74. The van der Waals surface area contributed by atoms with Crippen molar-refractivity contribution in [3.05, 3.63) is 17.5 Å². The van der Waals surface area contributed by atoms with Crippen LogP contribution >= 0.6 is 0 Å². The zero-order chi connectivity index (χ0) is 11.8. The number of hydrogen-bond acceptors (Lipinski definition) is 3. The molecule has 0 spiro atoms. The Morgan fingerprint density at radius 3 is 3.00 bits per heavy atom. The van der Waals surface area contributed by atoms with E-state index in [1.165, 1.54) is 5.56 Å². The van der Waals surface area contributed by atoms with E-state index in [4.69, 9.17) is 0 Å². The van der Waals surface area contributed by atoms with Gasteiger partial charge in [-0.05, 0) is 31.9 Å². The third kappa shape index (κ3) is 4.44. The van der Waals surface area contributed by atoms with Crippen molar-refractivity contribution in [1.29, 1.82) is 0 Å². The molecule has 0 aliphatic carbocycles. The Morgan fingerprint density at radius 1 is 1.56 bits per heavy atom. The van der Waals surface area contributed by atoms with Crippen molar-refractivity contribution in [1.82, 2.24) is 20.8 Å². The van der Waals surface area contributed by atoms with Crippen LogP contribution in [0.25, 0.3) is 0 Å². The Labute approximate surface area is 96.0 Å². The first-order valence-corrected chi connectivity index (χ1v) is 5.70. The number of carbonyl (C=O) groups excluding carboxylic acids is 1. The predicted octanol–water partition coefficient (Wildman–Crippen LogP) is 0.376. The van der Waals surface area contributed by atoms with Crippen molar-refractivity contribution in [3.63, 3.8) is 0 Å². The molecule has 0 unspecified atom stereocenters. The summed E-state index contributed by atoms with van der Waals surface area (Å²) >= 11 is 0. The predicted molar refractivity (Wildman–Crippen MR) is 63.2 cm³/mol. The molecule has 1 aromatic heterocycles. The monoisotopic (exact) mass is 224 g/mol. The lowest BCUT2D eigenvalue weighted by Crippen LogP contribution is -2.34. The number of likely N-dealkylation sites (N-methyl/N-ethyl adjacent to an activating group) is 1. The van der Waals surface area contributed by atoms with Crippen LogP contribution in [0.4, 0.5) is 0 Å². The van der Waals surface area contributed by atoms with Crippen molar-refractivity contribution in [2.75, 3.05) is 19.6 Å². The normalized spacial score (nSPS) is 10.4. The standard InChI is InChI=1S/C11H20N4O/c1-3-12-8-11(16)13-6-4-5-10-7-14-15-9(10)2/h7,12H,3-6,8H2,1-2H3,(H,13,16)(H,14,15). The molecule has 16 heavy (non-hydrogen) atoms. The number of nitrogens with zero attached hydrogens (tertiary/aromatic N) is 1. The Hall–Kier alpha value is -1.36. The zero-order valence-corrected chi connectivity index (χ0v) is 9.97. The summed E-state index contributed by atoms with van der Waals surface area (Å²) in [6.07, 6.45) is 3.73. The van der Waals surface area contributed by atoms with Crippen LogP contribution in [0.3, 0.4) is 0 Å². The number of aromatic nitrogens is 2. The molecule has 0 atom stereocenters. The molecule has 1 rings (SSSR count). The highest BCUT2D eigenvalue weighted by Crippen LogP contribution is 2.04. The highest BCUT2D eigenvalue weighted by atomic mass is 16.1. The minimum atomic E-state index is 0.0609. The molecule has 90 valence electrons. The maximum absolute atomic E-state index is 11.2. The molecule has 0 radical (unpaired) electrons. The van der Waals surface area contributed by atoms with Crippen LogP contribution in [-0.4, -0.2) is 35.7 Å². The minimum absolute atomic E-state index is 0.0609. The van der Waals surface area contributed by atoms with Crippen molar-refractivity contribution in [2.24, 2.45) is 0 Å². The van der Waals surface area contributed by atoms with Gasteiger partial charge in [0.1, 0.15) is 0 Å². The second-order valence-electron chi connectivity index (χ2n) is 3.75. The third-order valence-electron chi connectivity index (χ3n) is 2.41. The molecule has 1 amide bonds. The van der Waals surface area contributed by atoms with Gasteiger partial charge in [-0.3, -0.25) is 9.89 Å². The van der Waals surface area contributed by atoms with E-state index < -0.39 is 0 Å². The molecule has 0 bridgehead atoms. The van der Waals surface area contributed by atoms with Gasteiger partial charge >= 0.3 is 0 Å². The van der Waals surface area contributed by atoms with E-state index in [0.29, 0.717) is 6.54 Å². The van der Waals surface area contributed by atoms with Crippen LogP contribution in [-0.2, 0) is 11.2 Å². The summed E-state index contributed by atoms with van der Waals surface area (Å²) in [5.41, 5.74) is 2.33. The van der Waals surface area contributed by atoms with Gasteiger partial charge in [-0.2, -0.15) is 5.10 Å². The average Bonchev–Trinajstić information content (AvgIpc) is 2.67. The summed E-state index contributed by atoms with van der Waals surface area (Å²) in [4.78, 5) is 11.2. The second-order valence-corrected chi connectivity index (χ2v) is 3.75. The topological polar surface area (TPSA) is 69.8 Å². The molecule has 5 heteroatoms. The molecular weight excluding hydrogens is 204 g/mol. The van der Waals surface area contributed by atoms with Crippen LogP contribution in [0.2, 0.25) is 0 Å². The fourth-order valence-electron chi connectivity index (χ4n) is 1.44. The number of aromatic amines is 1. The Kier molecular flexibility index (Phi) is 5.56. The molecule has 0 aromatic carbocycles. The summed E-state index contributed by atoms with van der Waals surface area (Å²) in [6, 6.07) is 0. The van der Waals surface area contributed by atoms with E-state index in [-0.39, 0.29) is 5.91 Å². The van der Waals surface area contributed by atoms with E-state index in [9.17, 15) is 4.79 Å². The number of nitrogens with one attached hydrogen (secondary N) is 3. The van der Waals surface area contributed by atoms with Gasteiger partial charge in [-0.1, -0.05) is 6.92 Å². The fraction of sp³-hybridized carbons (Fsp3) is 0.636. The van der Waals surface area contributed by atoms with Gasteiger partial charge in [-0.25, -0.2) is 0 Å². The number of H-pyrrole nitrogens is 1. The van der Waals surface area contributed by atoms with Crippen LogP contribution < -0.4 is 10.6 Å². The number of aryl methyl sites for hydroxylation is 2. The average molecular weight is 224 g/mol. The van der Waals surface area contributed by atoms with E-state index in [2.05, 4.69) is 20.8 Å². The van der Waals surface area contributed by atoms with Crippen LogP contribution in [0.15, 0.2) is 6.20 Å². The fourth-order valence-corrected chi connectivity index (χ4v) is 1.44. The number of amides is 1. The lowest BCUT2D eigenvalue weighted by molar-refractivity contribution is -0.120. The molecule has 0 aliphatic rings. The van der Waals surface area contributed by atoms with Crippen LogP contribution in [0.5, 0.6) is 0 Å². The van der Waals surface area contributed by atoms with Crippen molar-refractivity contribution in [2.45, 2.75) is 26.7 Å². The first kappa shape index (κ1) is 12.7. The molecule has 0 fully saturated rings. The third-order valence-corrected chi connectivity index (χ3v) is 2.41. The van der Waals surface area contributed by atoms with Gasteiger partial charge < -0.3 is 10.6 Å². The number of carbonyl (C=O) groups is 1. The molecule has 0 saturated heterocycles. The SMILES string of the molecule is CCNCC(=O)NCCCc1cn[nH]c1C. The Balaban J connectivity index is 2.08. The molecule has 0 aliphatic heterocycles. The molecule has 1 heterocycles. The molecule has 0 saturated carbocycles. The van der Waals surface area contributed by atoms with Crippen molar-refractivity contribution < 1.29 is 4.79 Å². The van der Waals surface area contributed by atoms with Crippen LogP contribution in [0, 0.1) is 6.92 Å². The van der Waals surface area contributed by atoms with Gasteiger partial charge in [0, 0.05) is 12.2 Å². The Morgan fingerprint density at radius 2 is 2.38 bits per heavy atom. The van der Waals surface area contributed by atoms with E-state index in [1.54, 1.807) is 0 Å². The van der Waals surface area contributed by atoms with Gasteiger partial charge in [-0.15, -0.1) is 0 Å². The number of rotatable bonds is 7. The summed E-state index contributed by atoms with van der Waals surface area (Å²) in [6.45, 7) is 5.93. The van der Waals surface area contributed by atoms with Crippen LogP contribution in [0.1, 0.15) is 24.6 Å². The first-order valence-electron chi connectivity index (χ1n) is 5.70. The van der Waals surface area contributed by atoms with Crippen molar-refractivity contribution in [3.8, 4) is 0 Å².